The number of ether oxygens (including phenoxy) is 1. The van der Waals surface area contributed by atoms with Crippen LogP contribution in [0, 0.1) is 6.92 Å². The first-order valence-corrected chi connectivity index (χ1v) is 10.7. The van der Waals surface area contributed by atoms with Crippen LogP contribution in [0.25, 0.3) is 6.08 Å². The fourth-order valence-corrected chi connectivity index (χ4v) is 3.58. The Morgan fingerprint density at radius 1 is 0.938 bits per heavy atom. The van der Waals surface area contributed by atoms with Gasteiger partial charge in [-0.3, -0.25) is 14.9 Å². The van der Waals surface area contributed by atoms with E-state index in [2.05, 4.69) is 21.2 Å². The third kappa shape index (κ3) is 4.48. The second kappa shape index (κ2) is 9.20. The Morgan fingerprint density at radius 3 is 2.38 bits per heavy atom. The van der Waals surface area contributed by atoms with Crippen LogP contribution in [0.5, 0.6) is 5.75 Å². The lowest BCUT2D eigenvalue weighted by Crippen LogP contribution is -2.54. The third-order valence-electron chi connectivity index (χ3n) is 4.98. The second-order valence-electron chi connectivity index (χ2n) is 7.20. The van der Waals surface area contributed by atoms with Gasteiger partial charge in [-0.05, 0) is 48.4 Å². The van der Waals surface area contributed by atoms with E-state index in [9.17, 15) is 14.4 Å². The molecule has 1 N–H and O–H groups in total. The highest BCUT2D eigenvalue weighted by molar-refractivity contribution is 9.10. The maximum Gasteiger partial charge on any atom is 0.335 e. The molecule has 3 aromatic rings. The molecule has 3 aromatic carbocycles. The molecule has 160 valence electrons. The largest absolute Gasteiger partial charge is 0.488 e. The number of rotatable bonds is 5. The number of para-hydroxylation sites is 2. The summed E-state index contributed by atoms with van der Waals surface area (Å²) in [5, 5.41) is 2.25. The van der Waals surface area contributed by atoms with E-state index in [-0.39, 0.29) is 5.57 Å². The molecule has 1 heterocycles. The highest BCUT2D eigenvalue weighted by Gasteiger charge is 2.37. The Bertz CT molecular complexity index is 1230. The van der Waals surface area contributed by atoms with E-state index >= 15 is 0 Å². The molecule has 1 aliphatic heterocycles. The maximum atomic E-state index is 13.2. The Labute approximate surface area is 193 Å². The van der Waals surface area contributed by atoms with Crippen LogP contribution < -0.4 is 15.0 Å². The molecule has 32 heavy (non-hydrogen) atoms. The molecule has 0 unspecified atom stereocenters. The summed E-state index contributed by atoms with van der Waals surface area (Å²) < 4.78 is 6.92. The van der Waals surface area contributed by atoms with Crippen molar-refractivity contribution in [2.45, 2.75) is 13.5 Å². The van der Waals surface area contributed by atoms with Crippen molar-refractivity contribution in [1.82, 2.24) is 5.32 Å². The van der Waals surface area contributed by atoms with Gasteiger partial charge in [-0.15, -0.1) is 0 Å². The molecule has 0 saturated carbocycles. The van der Waals surface area contributed by atoms with Crippen molar-refractivity contribution < 1.29 is 19.1 Å². The van der Waals surface area contributed by atoms with Crippen molar-refractivity contribution in [2.24, 2.45) is 0 Å². The van der Waals surface area contributed by atoms with Gasteiger partial charge in [0.2, 0.25) is 0 Å². The van der Waals surface area contributed by atoms with Crippen LogP contribution in [0.3, 0.4) is 0 Å². The first-order chi connectivity index (χ1) is 15.4. The number of nitrogens with zero attached hydrogens (tertiary/aromatic N) is 1. The number of benzene rings is 3. The summed E-state index contributed by atoms with van der Waals surface area (Å²) in [4.78, 5) is 39.1. The molecular formula is C25H19BrN2O4. The van der Waals surface area contributed by atoms with Crippen LogP contribution in [0.4, 0.5) is 10.5 Å². The van der Waals surface area contributed by atoms with Crippen molar-refractivity contribution in [3.8, 4) is 5.75 Å². The van der Waals surface area contributed by atoms with Crippen LogP contribution >= 0.6 is 15.9 Å². The van der Waals surface area contributed by atoms with Gasteiger partial charge >= 0.3 is 6.03 Å². The van der Waals surface area contributed by atoms with Crippen LogP contribution in [0.15, 0.2) is 82.8 Å². The summed E-state index contributed by atoms with van der Waals surface area (Å²) in [5.41, 5.74) is 2.55. The lowest BCUT2D eigenvalue weighted by atomic mass is 10.1. The topological polar surface area (TPSA) is 75.7 Å². The smallest absolute Gasteiger partial charge is 0.335 e. The number of aryl methyl sites for hydroxylation is 1. The molecule has 4 amide bonds. The average molecular weight is 491 g/mol. The summed E-state index contributed by atoms with van der Waals surface area (Å²) in [6.45, 7) is 2.11. The average Bonchev–Trinajstić information content (AvgIpc) is 2.78. The molecule has 1 fully saturated rings. The first-order valence-electron chi connectivity index (χ1n) is 9.87. The molecule has 0 bridgehead atoms. The van der Waals surface area contributed by atoms with E-state index in [0.29, 0.717) is 23.6 Å². The van der Waals surface area contributed by atoms with Gasteiger partial charge < -0.3 is 4.74 Å². The van der Waals surface area contributed by atoms with Gasteiger partial charge in [0, 0.05) is 10.0 Å². The molecule has 0 aliphatic carbocycles. The number of barbiturate groups is 1. The number of nitrogens with one attached hydrogen (secondary N) is 1. The fourth-order valence-electron chi connectivity index (χ4n) is 3.32. The van der Waals surface area contributed by atoms with Crippen molar-refractivity contribution in [3.63, 3.8) is 0 Å². The maximum absolute atomic E-state index is 13.2. The van der Waals surface area contributed by atoms with Gasteiger partial charge in [-0.25, -0.2) is 9.69 Å². The SMILES string of the molecule is Cc1ccccc1N1C(=O)NC(=O)/C(=C\c2ccccc2OCc2ccc(Br)cc2)C1=O. The number of urea groups is 1. The number of hydrogen-bond donors (Lipinski definition) is 1. The minimum atomic E-state index is -0.772. The van der Waals surface area contributed by atoms with E-state index in [4.69, 9.17) is 4.74 Å². The van der Waals surface area contributed by atoms with Crippen molar-refractivity contribution >= 4 is 45.5 Å². The second-order valence-corrected chi connectivity index (χ2v) is 8.11. The highest BCUT2D eigenvalue weighted by Crippen LogP contribution is 2.27. The minimum absolute atomic E-state index is 0.146. The van der Waals surface area contributed by atoms with E-state index in [1.165, 1.54) is 6.08 Å². The van der Waals surface area contributed by atoms with Crippen LogP contribution in [-0.4, -0.2) is 17.8 Å². The van der Waals surface area contributed by atoms with Gasteiger partial charge in [0.05, 0.1) is 5.69 Å². The standard InChI is InChI=1S/C25H19BrN2O4/c1-16-6-2-4-8-21(16)28-24(30)20(23(29)27-25(28)31)14-18-7-3-5-9-22(18)32-15-17-10-12-19(26)13-11-17/h2-14H,15H2,1H3,(H,27,29,31)/b20-14+. The van der Waals surface area contributed by atoms with Gasteiger partial charge in [-0.2, -0.15) is 0 Å². The van der Waals surface area contributed by atoms with E-state index in [1.807, 2.05) is 36.4 Å². The summed E-state index contributed by atoms with van der Waals surface area (Å²) in [6.07, 6.45) is 1.45. The summed E-state index contributed by atoms with van der Waals surface area (Å²) >= 11 is 3.40. The highest BCUT2D eigenvalue weighted by atomic mass is 79.9. The minimum Gasteiger partial charge on any atom is -0.488 e. The summed E-state index contributed by atoms with van der Waals surface area (Å²) in [6, 6.07) is 21.1. The van der Waals surface area contributed by atoms with Crippen molar-refractivity contribution in [3.05, 3.63) is 99.5 Å². The number of carbonyl (C=O) groups excluding carboxylic acids is 3. The Balaban J connectivity index is 1.64. The monoisotopic (exact) mass is 490 g/mol. The molecule has 0 spiro atoms. The van der Waals surface area contributed by atoms with Crippen molar-refractivity contribution in [1.29, 1.82) is 0 Å². The number of amides is 4. The Morgan fingerprint density at radius 2 is 1.62 bits per heavy atom. The zero-order valence-corrected chi connectivity index (χ0v) is 18.8. The molecule has 0 atom stereocenters. The normalized spacial score (nSPS) is 15.1. The van der Waals surface area contributed by atoms with Crippen LogP contribution in [-0.2, 0) is 16.2 Å². The van der Waals surface area contributed by atoms with Gasteiger partial charge in [-0.1, -0.05) is 64.5 Å². The molecule has 1 aliphatic rings. The fraction of sp³-hybridized carbons (Fsp3) is 0.0800. The predicted molar refractivity (Wildman–Crippen MR) is 125 cm³/mol. The number of hydrogen-bond acceptors (Lipinski definition) is 4. The number of imide groups is 2. The lowest BCUT2D eigenvalue weighted by molar-refractivity contribution is -0.122. The molecule has 1 saturated heterocycles. The number of anilines is 1. The van der Waals surface area contributed by atoms with Crippen LogP contribution in [0.1, 0.15) is 16.7 Å². The number of carbonyl (C=O) groups is 3. The lowest BCUT2D eigenvalue weighted by Gasteiger charge is -2.27. The zero-order valence-electron chi connectivity index (χ0n) is 17.2. The van der Waals surface area contributed by atoms with Gasteiger partial charge in [0.25, 0.3) is 11.8 Å². The number of halogens is 1. The van der Waals surface area contributed by atoms with E-state index in [1.54, 1.807) is 43.3 Å². The molecule has 6 nitrogen and oxygen atoms in total. The summed E-state index contributed by atoms with van der Waals surface area (Å²) in [7, 11) is 0. The van der Waals surface area contributed by atoms with Crippen molar-refractivity contribution in [2.75, 3.05) is 4.90 Å². The third-order valence-corrected chi connectivity index (χ3v) is 5.51. The predicted octanol–water partition coefficient (Wildman–Crippen LogP) is 5.00. The van der Waals surface area contributed by atoms with Gasteiger partial charge in [0.15, 0.2) is 0 Å². The first kappa shape index (κ1) is 21.5. The molecule has 0 radical (unpaired) electrons. The zero-order chi connectivity index (χ0) is 22.7. The van der Waals surface area contributed by atoms with Crippen LogP contribution in [0.2, 0.25) is 0 Å². The Hall–Kier alpha value is -3.71. The molecular weight excluding hydrogens is 472 g/mol. The quantitative estimate of drug-likeness (QED) is 0.403. The van der Waals surface area contributed by atoms with E-state index in [0.717, 1.165) is 20.5 Å². The molecule has 0 aromatic heterocycles. The molecule has 7 heteroatoms. The molecule has 4 rings (SSSR count). The Kier molecular flexibility index (Phi) is 6.18. The van der Waals surface area contributed by atoms with Gasteiger partial charge in [0.1, 0.15) is 17.9 Å². The summed E-state index contributed by atoms with van der Waals surface area (Å²) in [5.74, 6) is -0.911. The van der Waals surface area contributed by atoms with E-state index < -0.39 is 17.8 Å².